The highest BCUT2D eigenvalue weighted by Crippen LogP contribution is 2.23. The number of thiocyanates is 1. The van der Waals surface area contributed by atoms with Gasteiger partial charge in [0.2, 0.25) is 0 Å². The maximum absolute atomic E-state index is 13.0. The average molecular weight is 374 g/mol. The van der Waals surface area contributed by atoms with E-state index in [0.29, 0.717) is 5.69 Å². The summed E-state index contributed by atoms with van der Waals surface area (Å²) in [6, 6.07) is 10.5. The lowest BCUT2D eigenvalue weighted by atomic mass is 10.2. The molecule has 2 rings (SSSR count). The molecule has 8 heteroatoms. The predicted molar refractivity (Wildman–Crippen MR) is 94.1 cm³/mol. The number of nitrogens with one attached hydrogen (secondary N) is 1. The molecule has 0 heterocycles. The van der Waals surface area contributed by atoms with Crippen molar-refractivity contribution in [1.82, 2.24) is 0 Å². The number of benzene rings is 2. The molecule has 0 aliphatic rings. The van der Waals surface area contributed by atoms with Gasteiger partial charge in [0.05, 0.1) is 0 Å². The fraction of sp³-hybridized carbons (Fsp3) is 0.167. The molecule has 0 spiro atoms. The van der Waals surface area contributed by atoms with E-state index in [1.54, 1.807) is 25.1 Å². The first-order chi connectivity index (χ1) is 12.5. The molecule has 26 heavy (non-hydrogen) atoms. The van der Waals surface area contributed by atoms with Crippen molar-refractivity contribution >= 4 is 29.3 Å². The van der Waals surface area contributed by atoms with Crippen LogP contribution in [0.1, 0.15) is 5.56 Å². The maximum atomic E-state index is 13.0. The third-order valence-electron chi connectivity index (χ3n) is 3.15. The highest BCUT2D eigenvalue weighted by molar-refractivity contribution is 8.03. The molecular weight excluding hydrogens is 359 g/mol. The highest BCUT2D eigenvalue weighted by atomic mass is 32.2. The van der Waals surface area contributed by atoms with E-state index in [1.807, 2.05) is 5.40 Å². The van der Waals surface area contributed by atoms with Crippen LogP contribution in [0.3, 0.4) is 0 Å². The van der Waals surface area contributed by atoms with Crippen LogP contribution in [0, 0.1) is 23.4 Å². The predicted octanol–water partition coefficient (Wildman–Crippen LogP) is 3.27. The van der Waals surface area contributed by atoms with E-state index in [0.717, 1.165) is 28.3 Å². The molecule has 0 fully saturated rings. The van der Waals surface area contributed by atoms with Crippen LogP contribution in [0.4, 0.5) is 10.1 Å². The van der Waals surface area contributed by atoms with Gasteiger partial charge in [-0.05, 0) is 54.6 Å². The Balaban J connectivity index is 1.77. The van der Waals surface area contributed by atoms with Crippen LogP contribution >= 0.6 is 11.8 Å². The van der Waals surface area contributed by atoms with Crippen LogP contribution in [0.5, 0.6) is 5.75 Å². The second-order valence-electron chi connectivity index (χ2n) is 5.12. The molecule has 2 aromatic carbocycles. The van der Waals surface area contributed by atoms with Crippen molar-refractivity contribution in [2.45, 2.75) is 11.8 Å². The van der Waals surface area contributed by atoms with Crippen LogP contribution in [0.15, 0.2) is 47.4 Å². The number of hydrogen-bond donors (Lipinski definition) is 1. The van der Waals surface area contributed by atoms with Crippen molar-refractivity contribution < 1.29 is 23.5 Å². The van der Waals surface area contributed by atoms with Crippen molar-refractivity contribution in [2.75, 3.05) is 18.5 Å². The number of carbonyl (C=O) groups excluding carboxylic acids is 2. The Kier molecular flexibility index (Phi) is 7.00. The second kappa shape index (κ2) is 9.44. The number of anilines is 1. The van der Waals surface area contributed by atoms with Gasteiger partial charge in [0.1, 0.15) is 17.0 Å². The van der Waals surface area contributed by atoms with Crippen LogP contribution in [-0.2, 0) is 14.3 Å². The molecule has 1 N–H and O–H groups in total. The van der Waals surface area contributed by atoms with Crippen LogP contribution < -0.4 is 10.1 Å². The summed E-state index contributed by atoms with van der Waals surface area (Å²) in [5.74, 6) is -1.54. The smallest absolute Gasteiger partial charge is 0.344 e. The Hall–Kier alpha value is -3.05. The molecule has 0 unspecified atom stereocenters. The Morgan fingerprint density at radius 2 is 2.04 bits per heavy atom. The Morgan fingerprint density at radius 1 is 1.23 bits per heavy atom. The van der Waals surface area contributed by atoms with Gasteiger partial charge < -0.3 is 14.8 Å². The summed E-state index contributed by atoms with van der Waals surface area (Å²) in [4.78, 5) is 24.2. The third kappa shape index (κ3) is 6.11. The number of carbonyl (C=O) groups is 2. The van der Waals surface area contributed by atoms with Crippen molar-refractivity contribution in [2.24, 2.45) is 0 Å². The van der Waals surface area contributed by atoms with E-state index < -0.39 is 30.9 Å². The lowest BCUT2D eigenvalue weighted by molar-refractivity contribution is -0.149. The summed E-state index contributed by atoms with van der Waals surface area (Å²) < 4.78 is 22.9. The fourth-order valence-corrected chi connectivity index (χ4v) is 2.44. The topological polar surface area (TPSA) is 88.4 Å². The van der Waals surface area contributed by atoms with Gasteiger partial charge in [-0.15, -0.1) is 0 Å². The minimum atomic E-state index is -0.748. The third-order valence-corrected chi connectivity index (χ3v) is 3.73. The molecule has 134 valence electrons. The number of amides is 1. The van der Waals surface area contributed by atoms with Gasteiger partial charge in [-0.3, -0.25) is 4.79 Å². The highest BCUT2D eigenvalue weighted by Gasteiger charge is 2.10. The summed E-state index contributed by atoms with van der Waals surface area (Å²) in [5, 5.41) is 13.2. The number of nitrogens with zero attached hydrogens (tertiary/aromatic N) is 1. The molecule has 1 amide bonds. The molecule has 0 saturated carbocycles. The van der Waals surface area contributed by atoms with Gasteiger partial charge in [0.25, 0.3) is 5.91 Å². The molecule has 0 aliphatic carbocycles. The van der Waals surface area contributed by atoms with Crippen LogP contribution in [0.2, 0.25) is 0 Å². The monoisotopic (exact) mass is 374 g/mol. The van der Waals surface area contributed by atoms with E-state index in [2.05, 4.69) is 5.32 Å². The average Bonchev–Trinajstić information content (AvgIpc) is 2.61. The van der Waals surface area contributed by atoms with Gasteiger partial charge in [0, 0.05) is 16.6 Å². The molecule has 2 aromatic rings. The van der Waals surface area contributed by atoms with Crippen molar-refractivity contribution in [3.05, 3.63) is 53.8 Å². The molecule has 0 bridgehead atoms. The van der Waals surface area contributed by atoms with E-state index in [-0.39, 0.29) is 5.75 Å². The number of hydrogen-bond acceptors (Lipinski definition) is 6. The number of esters is 1. The first-order valence-corrected chi connectivity index (χ1v) is 8.30. The van der Waals surface area contributed by atoms with Crippen LogP contribution in [-0.4, -0.2) is 25.1 Å². The number of ether oxygens (including phenoxy) is 2. The van der Waals surface area contributed by atoms with E-state index in [9.17, 15) is 14.0 Å². The van der Waals surface area contributed by atoms with Gasteiger partial charge in [-0.25, -0.2) is 9.18 Å². The van der Waals surface area contributed by atoms with Crippen molar-refractivity contribution in [3.8, 4) is 11.2 Å². The maximum Gasteiger partial charge on any atom is 0.344 e. The first kappa shape index (κ1) is 19.3. The summed E-state index contributed by atoms with van der Waals surface area (Å²) in [6.07, 6.45) is 0. The standard InChI is InChI=1S/C18H15FN2O4S/c1-12-7-15(26-11-20)5-6-16(12)21-17(22)9-25-18(23)10-24-14-4-2-3-13(19)8-14/h2-8H,9-10H2,1H3,(H,21,22). The fourth-order valence-electron chi connectivity index (χ4n) is 1.97. The second-order valence-corrected chi connectivity index (χ2v) is 5.98. The van der Waals surface area contributed by atoms with Gasteiger partial charge in [-0.1, -0.05) is 6.07 Å². The normalized spacial score (nSPS) is 9.88. The number of halogens is 1. The Morgan fingerprint density at radius 3 is 2.73 bits per heavy atom. The number of nitriles is 1. The van der Waals surface area contributed by atoms with E-state index in [4.69, 9.17) is 14.7 Å². The molecule has 0 aromatic heterocycles. The first-order valence-electron chi connectivity index (χ1n) is 7.48. The molecule has 0 saturated heterocycles. The van der Waals surface area contributed by atoms with Crippen molar-refractivity contribution in [3.63, 3.8) is 0 Å². The number of aryl methyl sites for hydroxylation is 1. The molecule has 0 aliphatic heterocycles. The summed E-state index contributed by atoms with van der Waals surface area (Å²) in [7, 11) is 0. The van der Waals surface area contributed by atoms with E-state index >= 15 is 0 Å². The van der Waals surface area contributed by atoms with Crippen molar-refractivity contribution in [1.29, 1.82) is 5.26 Å². The Labute approximate surface area is 153 Å². The lowest BCUT2D eigenvalue weighted by Crippen LogP contribution is -2.24. The number of rotatable bonds is 7. The summed E-state index contributed by atoms with van der Waals surface area (Å²) >= 11 is 1.02. The SMILES string of the molecule is Cc1cc(SC#N)ccc1NC(=O)COC(=O)COc1cccc(F)c1. The quantitative estimate of drug-likeness (QED) is 0.455. The zero-order chi connectivity index (χ0) is 18.9. The minimum Gasteiger partial charge on any atom is -0.482 e. The summed E-state index contributed by atoms with van der Waals surface area (Å²) in [5.41, 5.74) is 1.34. The van der Waals surface area contributed by atoms with Gasteiger partial charge in [-0.2, -0.15) is 5.26 Å². The molecule has 0 atom stereocenters. The molecule has 0 radical (unpaired) electrons. The molecular formula is C18H15FN2O4S. The van der Waals surface area contributed by atoms with E-state index in [1.165, 1.54) is 18.2 Å². The van der Waals surface area contributed by atoms with Gasteiger partial charge in [0.15, 0.2) is 13.2 Å². The number of thioether (sulfide) groups is 1. The minimum absolute atomic E-state index is 0.192. The zero-order valence-corrected chi connectivity index (χ0v) is 14.6. The van der Waals surface area contributed by atoms with Gasteiger partial charge >= 0.3 is 5.97 Å². The zero-order valence-electron chi connectivity index (χ0n) is 13.8. The largest absolute Gasteiger partial charge is 0.482 e. The Bertz CT molecular complexity index is 851. The lowest BCUT2D eigenvalue weighted by Gasteiger charge is -2.10. The van der Waals surface area contributed by atoms with Crippen LogP contribution in [0.25, 0.3) is 0 Å². The summed E-state index contributed by atoms with van der Waals surface area (Å²) in [6.45, 7) is 0.880. The molecule has 6 nitrogen and oxygen atoms in total.